The lowest BCUT2D eigenvalue weighted by Gasteiger charge is -2.07. The van der Waals surface area contributed by atoms with Crippen LogP contribution in [0.5, 0.6) is 0 Å². The van der Waals surface area contributed by atoms with E-state index in [-0.39, 0.29) is 5.91 Å². The fourth-order valence-corrected chi connectivity index (χ4v) is 1.07. The standard InChI is InChI=1S/C11H17N3O/c1-8(2)6-14-11(15)10-4-3-9(5-12)7-13-10/h3-4,7-8H,5-6,12H2,1-2H3,(H,14,15). The molecule has 0 atom stereocenters. The number of nitrogens with zero attached hydrogens (tertiary/aromatic N) is 1. The van der Waals surface area contributed by atoms with Gasteiger partial charge in [0, 0.05) is 19.3 Å². The molecule has 1 heterocycles. The van der Waals surface area contributed by atoms with Gasteiger partial charge in [-0.1, -0.05) is 19.9 Å². The number of amides is 1. The molecule has 1 aromatic rings. The molecule has 0 fully saturated rings. The first-order valence-electron chi connectivity index (χ1n) is 5.06. The number of nitrogens with one attached hydrogen (secondary N) is 1. The van der Waals surface area contributed by atoms with Crippen molar-refractivity contribution in [1.29, 1.82) is 0 Å². The van der Waals surface area contributed by atoms with Crippen LogP contribution in [0.25, 0.3) is 0 Å². The molecule has 0 aliphatic carbocycles. The van der Waals surface area contributed by atoms with Crippen molar-refractivity contribution in [3.05, 3.63) is 29.6 Å². The summed E-state index contributed by atoms with van der Waals surface area (Å²) in [6.45, 7) is 5.20. The highest BCUT2D eigenvalue weighted by Gasteiger charge is 2.06. The normalized spacial score (nSPS) is 10.4. The lowest BCUT2D eigenvalue weighted by Crippen LogP contribution is -2.28. The summed E-state index contributed by atoms with van der Waals surface area (Å²) in [5.41, 5.74) is 6.80. The van der Waals surface area contributed by atoms with Crippen molar-refractivity contribution in [3.8, 4) is 0 Å². The van der Waals surface area contributed by atoms with Crippen LogP contribution < -0.4 is 11.1 Å². The summed E-state index contributed by atoms with van der Waals surface area (Å²) in [6, 6.07) is 3.51. The zero-order valence-corrected chi connectivity index (χ0v) is 9.16. The van der Waals surface area contributed by atoms with Crippen molar-refractivity contribution < 1.29 is 4.79 Å². The van der Waals surface area contributed by atoms with E-state index in [1.807, 2.05) is 19.9 Å². The molecule has 15 heavy (non-hydrogen) atoms. The summed E-state index contributed by atoms with van der Waals surface area (Å²) >= 11 is 0. The Morgan fingerprint density at radius 1 is 1.53 bits per heavy atom. The molecule has 3 N–H and O–H groups in total. The van der Waals surface area contributed by atoms with Crippen LogP contribution in [-0.4, -0.2) is 17.4 Å². The first-order valence-corrected chi connectivity index (χ1v) is 5.06. The average Bonchev–Trinajstić information content (AvgIpc) is 2.26. The average molecular weight is 207 g/mol. The first-order chi connectivity index (χ1) is 7.13. The van der Waals surface area contributed by atoms with Gasteiger partial charge >= 0.3 is 0 Å². The van der Waals surface area contributed by atoms with E-state index in [2.05, 4.69) is 10.3 Å². The highest BCUT2D eigenvalue weighted by Crippen LogP contribution is 1.99. The van der Waals surface area contributed by atoms with E-state index in [0.29, 0.717) is 24.7 Å². The van der Waals surface area contributed by atoms with Gasteiger partial charge in [-0.05, 0) is 17.5 Å². The monoisotopic (exact) mass is 207 g/mol. The summed E-state index contributed by atoms with van der Waals surface area (Å²) < 4.78 is 0. The number of aromatic nitrogens is 1. The van der Waals surface area contributed by atoms with Gasteiger partial charge in [0.2, 0.25) is 0 Å². The molecule has 1 rings (SSSR count). The Morgan fingerprint density at radius 2 is 2.27 bits per heavy atom. The molecule has 0 saturated carbocycles. The Hall–Kier alpha value is -1.42. The van der Waals surface area contributed by atoms with Gasteiger partial charge in [-0.15, -0.1) is 0 Å². The van der Waals surface area contributed by atoms with Crippen molar-refractivity contribution in [1.82, 2.24) is 10.3 Å². The van der Waals surface area contributed by atoms with Crippen LogP contribution in [0.1, 0.15) is 29.9 Å². The molecule has 4 nitrogen and oxygen atoms in total. The molecule has 0 aliphatic heterocycles. The van der Waals surface area contributed by atoms with E-state index in [0.717, 1.165) is 5.56 Å². The van der Waals surface area contributed by atoms with Gasteiger partial charge in [0.05, 0.1) is 0 Å². The van der Waals surface area contributed by atoms with E-state index in [1.54, 1.807) is 12.3 Å². The van der Waals surface area contributed by atoms with E-state index >= 15 is 0 Å². The quantitative estimate of drug-likeness (QED) is 0.771. The number of carbonyl (C=O) groups excluding carboxylic acids is 1. The first kappa shape index (κ1) is 11.7. The second-order valence-corrected chi connectivity index (χ2v) is 3.86. The fraction of sp³-hybridized carbons (Fsp3) is 0.455. The molecule has 0 radical (unpaired) electrons. The van der Waals surface area contributed by atoms with Crippen molar-refractivity contribution in [2.75, 3.05) is 6.54 Å². The van der Waals surface area contributed by atoms with Gasteiger partial charge in [-0.25, -0.2) is 0 Å². The van der Waals surface area contributed by atoms with Crippen LogP contribution in [0, 0.1) is 5.92 Å². The summed E-state index contributed by atoms with van der Waals surface area (Å²) in [6.07, 6.45) is 1.63. The number of nitrogens with two attached hydrogens (primary N) is 1. The van der Waals surface area contributed by atoms with E-state index < -0.39 is 0 Å². The Balaban J connectivity index is 2.58. The smallest absolute Gasteiger partial charge is 0.269 e. The lowest BCUT2D eigenvalue weighted by atomic mass is 10.2. The molecule has 4 heteroatoms. The molecule has 0 saturated heterocycles. The Bertz CT molecular complexity index is 319. The number of pyridine rings is 1. The van der Waals surface area contributed by atoms with E-state index in [4.69, 9.17) is 5.73 Å². The summed E-state index contributed by atoms with van der Waals surface area (Å²) in [4.78, 5) is 15.6. The number of carbonyl (C=O) groups is 1. The number of hydrogen-bond acceptors (Lipinski definition) is 3. The van der Waals surface area contributed by atoms with Crippen molar-refractivity contribution >= 4 is 5.91 Å². The van der Waals surface area contributed by atoms with E-state index in [1.165, 1.54) is 0 Å². The third-order valence-corrected chi connectivity index (χ3v) is 1.96. The van der Waals surface area contributed by atoms with Crippen molar-refractivity contribution in [3.63, 3.8) is 0 Å². The Kier molecular flexibility index (Phi) is 4.24. The Morgan fingerprint density at radius 3 is 2.73 bits per heavy atom. The second kappa shape index (κ2) is 5.46. The minimum Gasteiger partial charge on any atom is -0.350 e. The summed E-state index contributed by atoms with van der Waals surface area (Å²) in [5.74, 6) is 0.310. The van der Waals surface area contributed by atoms with Crippen molar-refractivity contribution in [2.45, 2.75) is 20.4 Å². The van der Waals surface area contributed by atoms with Gasteiger partial charge in [-0.2, -0.15) is 0 Å². The SMILES string of the molecule is CC(C)CNC(=O)c1ccc(CN)cn1. The predicted molar refractivity (Wildman–Crippen MR) is 59.3 cm³/mol. The zero-order chi connectivity index (χ0) is 11.3. The van der Waals surface area contributed by atoms with Gasteiger partial charge in [0.1, 0.15) is 5.69 Å². The minimum absolute atomic E-state index is 0.132. The summed E-state index contributed by atoms with van der Waals surface area (Å²) in [7, 11) is 0. The highest BCUT2D eigenvalue weighted by molar-refractivity contribution is 5.92. The van der Waals surface area contributed by atoms with Gasteiger partial charge in [0.25, 0.3) is 5.91 Å². The Labute approximate surface area is 89.9 Å². The molecule has 1 aromatic heterocycles. The van der Waals surface area contributed by atoms with Crippen LogP contribution in [-0.2, 0) is 6.54 Å². The van der Waals surface area contributed by atoms with Crippen LogP contribution in [0.2, 0.25) is 0 Å². The maximum Gasteiger partial charge on any atom is 0.269 e. The molecule has 0 bridgehead atoms. The highest BCUT2D eigenvalue weighted by atomic mass is 16.1. The molecule has 82 valence electrons. The molecule has 0 unspecified atom stereocenters. The largest absolute Gasteiger partial charge is 0.350 e. The summed E-state index contributed by atoms with van der Waals surface area (Å²) in [5, 5.41) is 2.80. The maximum atomic E-state index is 11.5. The molecular weight excluding hydrogens is 190 g/mol. The zero-order valence-electron chi connectivity index (χ0n) is 9.16. The third-order valence-electron chi connectivity index (χ3n) is 1.96. The maximum absolute atomic E-state index is 11.5. The van der Waals surface area contributed by atoms with Gasteiger partial charge in [-0.3, -0.25) is 9.78 Å². The fourth-order valence-electron chi connectivity index (χ4n) is 1.07. The molecule has 0 spiro atoms. The minimum atomic E-state index is -0.132. The second-order valence-electron chi connectivity index (χ2n) is 3.86. The van der Waals surface area contributed by atoms with Gasteiger partial charge < -0.3 is 11.1 Å². The molecule has 1 amide bonds. The lowest BCUT2D eigenvalue weighted by molar-refractivity contribution is 0.0944. The van der Waals surface area contributed by atoms with Crippen molar-refractivity contribution in [2.24, 2.45) is 11.7 Å². The van der Waals surface area contributed by atoms with Gasteiger partial charge in [0.15, 0.2) is 0 Å². The van der Waals surface area contributed by atoms with Crippen LogP contribution in [0.15, 0.2) is 18.3 Å². The topological polar surface area (TPSA) is 68.0 Å². The van der Waals surface area contributed by atoms with Crippen LogP contribution >= 0.6 is 0 Å². The molecule has 0 aromatic carbocycles. The number of rotatable bonds is 4. The van der Waals surface area contributed by atoms with Crippen LogP contribution in [0.3, 0.4) is 0 Å². The predicted octanol–water partition coefficient (Wildman–Crippen LogP) is 0.926. The third kappa shape index (κ3) is 3.67. The molecule has 0 aliphatic rings. The molecular formula is C11H17N3O. The van der Waals surface area contributed by atoms with E-state index in [9.17, 15) is 4.79 Å². The van der Waals surface area contributed by atoms with Crippen LogP contribution in [0.4, 0.5) is 0 Å². The number of hydrogen-bond donors (Lipinski definition) is 2.